The van der Waals surface area contributed by atoms with E-state index in [0.29, 0.717) is 6.54 Å². The Kier molecular flexibility index (Phi) is 5.55. The van der Waals surface area contributed by atoms with Crippen molar-refractivity contribution in [1.82, 2.24) is 10.6 Å². The summed E-state index contributed by atoms with van der Waals surface area (Å²) < 4.78 is 4.39. The van der Waals surface area contributed by atoms with Crippen LogP contribution in [-0.4, -0.2) is 49.8 Å². The van der Waals surface area contributed by atoms with Gasteiger partial charge in [-0.3, -0.25) is 4.79 Å². The number of hydrogen-bond donors (Lipinski definition) is 3. The highest BCUT2D eigenvalue weighted by Gasteiger charge is 2.37. The Labute approximate surface area is 107 Å². The third-order valence-corrected chi connectivity index (χ3v) is 3.56. The van der Waals surface area contributed by atoms with Crippen molar-refractivity contribution in [2.45, 2.75) is 32.3 Å². The van der Waals surface area contributed by atoms with Gasteiger partial charge in [0.05, 0.1) is 19.1 Å². The average Bonchev–Trinajstić information content (AvgIpc) is 2.43. The van der Waals surface area contributed by atoms with Gasteiger partial charge in [-0.15, -0.1) is 0 Å². The maximum Gasteiger partial charge on any atom is 0.336 e. The van der Waals surface area contributed by atoms with Gasteiger partial charge in [-0.1, -0.05) is 6.92 Å². The number of hydrogen-bond acceptors (Lipinski definition) is 5. The van der Waals surface area contributed by atoms with Crippen LogP contribution in [0.3, 0.4) is 0 Å². The molecule has 0 aromatic rings. The van der Waals surface area contributed by atoms with E-state index < -0.39 is 17.5 Å². The monoisotopic (exact) mass is 258 g/mol. The molecule has 0 aliphatic carbocycles. The lowest BCUT2D eigenvalue weighted by atomic mass is 9.77. The summed E-state index contributed by atoms with van der Waals surface area (Å²) in [6.07, 6.45) is 1.22. The zero-order chi connectivity index (χ0) is 13.6. The van der Waals surface area contributed by atoms with Crippen molar-refractivity contribution in [2.24, 2.45) is 5.41 Å². The van der Waals surface area contributed by atoms with E-state index in [1.807, 2.05) is 6.92 Å². The zero-order valence-corrected chi connectivity index (χ0v) is 11.0. The molecule has 1 aliphatic heterocycles. The largest absolute Gasteiger partial charge is 0.467 e. The Morgan fingerprint density at radius 3 is 2.78 bits per heavy atom. The molecule has 1 aliphatic rings. The van der Waals surface area contributed by atoms with Gasteiger partial charge in [-0.25, -0.2) is 4.79 Å². The third kappa shape index (κ3) is 3.43. The molecule has 1 amide bonds. The van der Waals surface area contributed by atoms with E-state index in [1.54, 1.807) is 0 Å². The summed E-state index contributed by atoms with van der Waals surface area (Å²) >= 11 is 0. The summed E-state index contributed by atoms with van der Waals surface area (Å²) in [4.78, 5) is 23.2. The molecule has 104 valence electrons. The normalized spacial score (nSPS) is 25.3. The maximum absolute atomic E-state index is 12.2. The highest BCUT2D eigenvalue weighted by atomic mass is 16.5. The first-order chi connectivity index (χ1) is 8.55. The van der Waals surface area contributed by atoms with Gasteiger partial charge in [0.1, 0.15) is 0 Å². The fourth-order valence-electron chi connectivity index (χ4n) is 2.22. The third-order valence-electron chi connectivity index (χ3n) is 3.56. The Bertz CT molecular complexity index is 300. The Morgan fingerprint density at radius 2 is 2.28 bits per heavy atom. The number of ether oxygens (including phenoxy) is 1. The van der Waals surface area contributed by atoms with Crippen LogP contribution in [0.2, 0.25) is 0 Å². The van der Waals surface area contributed by atoms with E-state index in [0.717, 1.165) is 25.8 Å². The second kappa shape index (κ2) is 6.70. The molecule has 1 fully saturated rings. The van der Waals surface area contributed by atoms with Crippen LogP contribution in [0.5, 0.6) is 0 Å². The maximum atomic E-state index is 12.2. The summed E-state index contributed by atoms with van der Waals surface area (Å²) in [5.41, 5.74) is -0.423. The van der Waals surface area contributed by atoms with E-state index in [-0.39, 0.29) is 12.5 Å². The van der Waals surface area contributed by atoms with E-state index >= 15 is 0 Å². The summed E-state index contributed by atoms with van der Waals surface area (Å²) in [5, 5.41) is 15.3. The number of rotatable bonds is 5. The molecule has 1 heterocycles. The summed E-state index contributed by atoms with van der Waals surface area (Å²) in [7, 11) is 1.20. The summed E-state index contributed by atoms with van der Waals surface area (Å²) in [5.74, 6) is -0.845. The molecule has 0 aromatic heterocycles. The molecular weight excluding hydrogens is 236 g/mol. The van der Waals surface area contributed by atoms with Crippen LogP contribution in [0.15, 0.2) is 0 Å². The number of aliphatic hydroxyl groups is 1. The highest BCUT2D eigenvalue weighted by molar-refractivity contribution is 5.84. The van der Waals surface area contributed by atoms with Crippen molar-refractivity contribution in [3.05, 3.63) is 0 Å². The number of nitrogens with one attached hydrogen (secondary N) is 2. The molecule has 18 heavy (non-hydrogen) atoms. The molecule has 0 bridgehead atoms. The minimum Gasteiger partial charge on any atom is -0.467 e. The van der Waals surface area contributed by atoms with E-state index in [2.05, 4.69) is 15.4 Å². The molecule has 6 nitrogen and oxygen atoms in total. The number of esters is 1. The van der Waals surface area contributed by atoms with Crippen molar-refractivity contribution < 1.29 is 19.4 Å². The van der Waals surface area contributed by atoms with Crippen LogP contribution in [-0.2, 0) is 14.3 Å². The number of methoxy groups -OCH3 is 1. The topological polar surface area (TPSA) is 87.7 Å². The van der Waals surface area contributed by atoms with Gasteiger partial charge in [-0.05, 0) is 25.8 Å². The Hall–Kier alpha value is -1.14. The predicted molar refractivity (Wildman–Crippen MR) is 65.9 cm³/mol. The quantitative estimate of drug-likeness (QED) is 0.574. The van der Waals surface area contributed by atoms with Crippen molar-refractivity contribution in [3.63, 3.8) is 0 Å². The van der Waals surface area contributed by atoms with Crippen LogP contribution in [0.25, 0.3) is 0 Å². The second-order valence-corrected chi connectivity index (χ2v) is 4.66. The lowest BCUT2D eigenvalue weighted by Crippen LogP contribution is -2.52. The molecule has 0 radical (unpaired) electrons. The average molecular weight is 258 g/mol. The first kappa shape index (κ1) is 14.9. The molecular formula is C12H22N2O4. The molecule has 3 N–H and O–H groups in total. The fraction of sp³-hybridized carbons (Fsp3) is 0.833. The molecule has 2 unspecified atom stereocenters. The predicted octanol–water partition coefficient (Wildman–Crippen LogP) is -0.584. The first-order valence-electron chi connectivity index (χ1n) is 6.30. The molecule has 2 atom stereocenters. The minimum absolute atomic E-state index is 0.104. The Balaban J connectivity index is 2.50. The van der Waals surface area contributed by atoms with Crippen molar-refractivity contribution in [1.29, 1.82) is 0 Å². The number of amides is 1. The lowest BCUT2D eigenvalue weighted by molar-refractivity contribution is -0.150. The van der Waals surface area contributed by atoms with E-state index in [4.69, 9.17) is 0 Å². The van der Waals surface area contributed by atoms with Crippen LogP contribution in [0, 0.1) is 5.41 Å². The Morgan fingerprint density at radius 1 is 1.56 bits per heavy atom. The second-order valence-electron chi connectivity index (χ2n) is 4.66. The van der Waals surface area contributed by atoms with Gasteiger partial charge in [-0.2, -0.15) is 0 Å². The summed E-state index contributed by atoms with van der Waals surface area (Å²) in [6, 6.07) is 0. The highest BCUT2D eigenvalue weighted by Crippen LogP contribution is 2.30. The molecule has 0 spiro atoms. The van der Waals surface area contributed by atoms with Crippen molar-refractivity contribution in [2.75, 3.05) is 26.7 Å². The molecule has 0 aromatic carbocycles. The lowest BCUT2D eigenvalue weighted by Gasteiger charge is -2.35. The van der Waals surface area contributed by atoms with E-state index in [1.165, 1.54) is 7.11 Å². The number of aliphatic hydroxyl groups excluding tert-OH is 1. The van der Waals surface area contributed by atoms with Gasteiger partial charge in [0, 0.05) is 6.54 Å². The molecule has 1 saturated heterocycles. The first-order valence-corrected chi connectivity index (χ1v) is 6.30. The van der Waals surface area contributed by atoms with Gasteiger partial charge in [0.15, 0.2) is 6.10 Å². The van der Waals surface area contributed by atoms with Crippen LogP contribution in [0.1, 0.15) is 26.2 Å². The molecule has 0 saturated carbocycles. The molecule has 6 heteroatoms. The van der Waals surface area contributed by atoms with Crippen molar-refractivity contribution >= 4 is 11.9 Å². The molecule has 1 rings (SSSR count). The minimum atomic E-state index is -1.30. The standard InChI is InChI=1S/C12H22N2O4/c1-3-12(5-4-6-13-8-12)11(17)14-7-9(15)10(16)18-2/h9,13,15H,3-8H2,1-2H3,(H,14,17). The van der Waals surface area contributed by atoms with Crippen LogP contribution in [0.4, 0.5) is 0 Å². The number of carbonyl (C=O) groups excluding carboxylic acids is 2. The SMILES string of the molecule is CCC1(C(=O)NCC(O)C(=O)OC)CCCNC1. The van der Waals surface area contributed by atoms with Gasteiger partial charge in [0.2, 0.25) is 5.91 Å². The number of piperidine rings is 1. The van der Waals surface area contributed by atoms with Gasteiger partial charge >= 0.3 is 5.97 Å². The fourth-order valence-corrected chi connectivity index (χ4v) is 2.22. The number of carbonyl (C=O) groups is 2. The zero-order valence-electron chi connectivity index (χ0n) is 11.0. The van der Waals surface area contributed by atoms with E-state index in [9.17, 15) is 14.7 Å². The smallest absolute Gasteiger partial charge is 0.336 e. The van der Waals surface area contributed by atoms with Crippen LogP contribution < -0.4 is 10.6 Å². The van der Waals surface area contributed by atoms with Crippen LogP contribution >= 0.6 is 0 Å². The van der Waals surface area contributed by atoms with Gasteiger partial charge < -0.3 is 20.5 Å². The van der Waals surface area contributed by atoms with Gasteiger partial charge in [0.25, 0.3) is 0 Å². The van der Waals surface area contributed by atoms with Crippen molar-refractivity contribution in [3.8, 4) is 0 Å². The summed E-state index contributed by atoms with van der Waals surface area (Å²) in [6.45, 7) is 3.44.